The molecule has 1 unspecified atom stereocenters. The number of nitrogen functional groups attached to an aromatic ring is 2. The Balaban J connectivity index is 0.000000232. The number of hydrogen-bond acceptors (Lipinski definition) is 17. The number of nitrogens with two attached hydrogens (primary N) is 3. The maximum absolute atomic E-state index is 13.9. The Kier molecular flexibility index (Phi) is 17.6. The largest absolute Gasteiger partial charge is 0.493 e. The van der Waals surface area contributed by atoms with E-state index in [9.17, 15) is 48.2 Å². The summed E-state index contributed by atoms with van der Waals surface area (Å²) < 4.78 is 124. The van der Waals surface area contributed by atoms with Crippen molar-refractivity contribution in [2.75, 3.05) is 75.4 Å². The topological polar surface area (TPSA) is 286 Å². The van der Waals surface area contributed by atoms with Crippen molar-refractivity contribution in [2.24, 2.45) is 5.73 Å². The van der Waals surface area contributed by atoms with Gasteiger partial charge in [0.2, 0.25) is 42.7 Å². The van der Waals surface area contributed by atoms with E-state index in [2.05, 4.69) is 25.3 Å². The molecule has 6 rings (SSSR count). The first-order chi connectivity index (χ1) is 30.0. The highest BCUT2D eigenvalue weighted by atomic mass is 32.2. The van der Waals surface area contributed by atoms with Gasteiger partial charge in [0.15, 0.2) is 23.1 Å². The van der Waals surface area contributed by atoms with E-state index in [0.29, 0.717) is 51.2 Å². The number of piperidine rings is 2. The number of rotatable bonds is 12. The molecule has 2 fully saturated rings. The van der Waals surface area contributed by atoms with Gasteiger partial charge in [0.25, 0.3) is 0 Å². The Labute approximate surface area is 369 Å². The summed E-state index contributed by atoms with van der Waals surface area (Å²) >= 11 is 0. The van der Waals surface area contributed by atoms with Gasteiger partial charge in [-0.15, -0.1) is 0 Å². The Morgan fingerprint density at radius 2 is 1.16 bits per heavy atom. The minimum atomic E-state index is -3.23. The molecule has 2 aromatic heterocycles. The van der Waals surface area contributed by atoms with Gasteiger partial charge in [-0.05, 0) is 37.8 Å². The van der Waals surface area contributed by atoms with Gasteiger partial charge in [-0.2, -0.15) is 4.98 Å². The van der Waals surface area contributed by atoms with Crippen molar-refractivity contribution in [3.8, 4) is 11.5 Å². The summed E-state index contributed by atoms with van der Waals surface area (Å²) in [6.45, 7) is 3.58. The van der Waals surface area contributed by atoms with E-state index in [1.807, 2.05) is 0 Å². The average molecular weight is 961 g/mol. The van der Waals surface area contributed by atoms with Crippen LogP contribution in [-0.4, -0.2) is 132 Å². The molecule has 4 aromatic rings. The van der Waals surface area contributed by atoms with Crippen LogP contribution in [-0.2, 0) is 30.8 Å². The lowest BCUT2D eigenvalue weighted by Crippen LogP contribution is -2.42. The molecule has 0 saturated carbocycles. The standard InChI is InChI=1S/C18H21F2N5O4S.C14H13F2N3O3S.C6H14N2O2S/c1-29-16-12(7-10(19)8-14(16)20)15(26)13-9-22-18(24-17(13)21)23-11-3-5-25(6-4-11)30(2,27)28;1-3-23(21)14-18-6-9(13(17)19-14)11(20)8-4-7(15)5-10(16)12(8)22-2;1-11(9,10)8-4-2-6(7)3-5-8/h7-9,11H,3-6H2,1-2H3,(H3,21,22,23,24);4-6H,3H2,1-2H3,(H2,17,18,19);6H,2-5,7H2,1H3. The molecule has 0 radical (unpaired) electrons. The number of hydrogen-bond donors (Lipinski definition) is 4. The molecule has 1 atom stereocenters. The van der Waals surface area contributed by atoms with Gasteiger partial charge in [0.1, 0.15) is 23.3 Å². The molecule has 26 heteroatoms. The molecule has 2 aliphatic rings. The van der Waals surface area contributed by atoms with E-state index in [-0.39, 0.29) is 62.8 Å². The third-order valence-corrected chi connectivity index (χ3v) is 13.4. The van der Waals surface area contributed by atoms with Gasteiger partial charge in [0, 0.05) is 68.5 Å². The normalized spacial score (nSPS) is 15.8. The molecule has 0 bridgehead atoms. The third-order valence-electron chi connectivity index (χ3n) is 9.71. The third kappa shape index (κ3) is 13.3. The second-order valence-corrected chi connectivity index (χ2v) is 19.9. The van der Waals surface area contributed by atoms with Crippen LogP contribution in [0.1, 0.15) is 64.4 Å². The highest BCUT2D eigenvalue weighted by Gasteiger charge is 2.28. The molecule has 64 heavy (non-hydrogen) atoms. The summed E-state index contributed by atoms with van der Waals surface area (Å²) in [6, 6.07) is 3.02. The second kappa shape index (κ2) is 22.0. The molecule has 4 heterocycles. The van der Waals surface area contributed by atoms with E-state index < -0.39 is 77.2 Å². The van der Waals surface area contributed by atoms with Crippen LogP contribution in [0.15, 0.2) is 41.8 Å². The summed E-state index contributed by atoms with van der Waals surface area (Å²) in [4.78, 5) is 40.9. The molecule has 2 aliphatic heterocycles. The summed E-state index contributed by atoms with van der Waals surface area (Å²) in [6.07, 6.45) is 7.33. The van der Waals surface area contributed by atoms with Crippen molar-refractivity contribution in [1.82, 2.24) is 28.5 Å². The number of nitrogens with one attached hydrogen (secondary N) is 1. The quantitative estimate of drug-likeness (QED) is 0.0901. The van der Waals surface area contributed by atoms with Crippen LogP contribution >= 0.6 is 0 Å². The molecule has 2 aromatic carbocycles. The molecular weight excluding hydrogens is 913 g/mol. The van der Waals surface area contributed by atoms with Gasteiger partial charge in [-0.3, -0.25) is 13.8 Å². The highest BCUT2D eigenvalue weighted by molar-refractivity contribution is 7.88. The number of ether oxygens (including phenoxy) is 2. The SMILES string of the molecule is CCS(=O)c1ncc(C(=O)c2cc(F)cc(F)c2OC)c(N)n1.COc1c(F)cc(F)cc1C(=O)c1cnc(NC2CCN(S(C)(=O)=O)CC2)nc1N.CS(=O)(=O)N1CCC(N)CC1. The molecule has 0 aliphatic carbocycles. The van der Waals surface area contributed by atoms with Gasteiger partial charge in [-0.25, -0.2) is 58.0 Å². The Hall–Kier alpha value is -5.41. The number of anilines is 3. The molecule has 350 valence electrons. The lowest BCUT2D eigenvalue weighted by Gasteiger charge is -2.30. The van der Waals surface area contributed by atoms with Crippen molar-refractivity contribution in [1.29, 1.82) is 0 Å². The second-order valence-electron chi connectivity index (χ2n) is 14.3. The number of carbonyl (C=O) groups excluding carboxylic acids is 2. The van der Waals surface area contributed by atoms with E-state index in [4.69, 9.17) is 26.7 Å². The van der Waals surface area contributed by atoms with Crippen LogP contribution in [0.2, 0.25) is 0 Å². The number of ketones is 2. The fourth-order valence-electron chi connectivity index (χ4n) is 6.32. The average Bonchev–Trinajstić information content (AvgIpc) is 3.22. The fraction of sp³-hybridized carbons (Fsp3) is 0.421. The predicted octanol–water partition coefficient (Wildman–Crippen LogP) is 2.49. The number of halogens is 4. The zero-order valence-corrected chi connectivity index (χ0v) is 37.8. The van der Waals surface area contributed by atoms with Crippen LogP contribution in [0.5, 0.6) is 11.5 Å². The number of nitrogens with zero attached hydrogens (tertiary/aromatic N) is 6. The monoisotopic (exact) mass is 960 g/mol. The summed E-state index contributed by atoms with van der Waals surface area (Å²) in [7, 11) is -5.32. The molecule has 0 spiro atoms. The lowest BCUT2D eigenvalue weighted by atomic mass is 10.0. The summed E-state index contributed by atoms with van der Waals surface area (Å²) in [5.41, 5.74) is 16.2. The van der Waals surface area contributed by atoms with Gasteiger partial charge in [0.05, 0.1) is 59.8 Å². The molecule has 2 saturated heterocycles. The first-order valence-corrected chi connectivity index (χ1v) is 24.2. The van der Waals surface area contributed by atoms with Crippen LogP contribution in [0.25, 0.3) is 0 Å². The van der Waals surface area contributed by atoms with Crippen molar-refractivity contribution in [2.45, 2.75) is 49.8 Å². The Bertz CT molecular complexity index is 2600. The van der Waals surface area contributed by atoms with Crippen LogP contribution in [0.3, 0.4) is 0 Å². The first kappa shape index (κ1) is 51.2. The van der Waals surface area contributed by atoms with Crippen molar-refractivity contribution >= 4 is 60.0 Å². The maximum Gasteiger partial charge on any atom is 0.224 e. The van der Waals surface area contributed by atoms with Crippen molar-refractivity contribution in [3.05, 3.63) is 82.2 Å². The number of methoxy groups -OCH3 is 2. The predicted molar refractivity (Wildman–Crippen MR) is 229 cm³/mol. The van der Waals surface area contributed by atoms with Crippen molar-refractivity contribution in [3.63, 3.8) is 0 Å². The fourth-order valence-corrected chi connectivity index (χ4v) is 8.69. The van der Waals surface area contributed by atoms with Crippen LogP contribution < -0.4 is 32.0 Å². The maximum atomic E-state index is 13.9. The summed E-state index contributed by atoms with van der Waals surface area (Å²) in [5.74, 6) is -6.23. The van der Waals surface area contributed by atoms with E-state index in [1.54, 1.807) is 6.92 Å². The zero-order valence-electron chi connectivity index (χ0n) is 35.3. The molecular formula is C38H48F4N10O9S3. The Morgan fingerprint density at radius 1 is 0.734 bits per heavy atom. The van der Waals surface area contributed by atoms with Gasteiger partial charge in [-0.1, -0.05) is 6.92 Å². The molecule has 19 nitrogen and oxygen atoms in total. The van der Waals surface area contributed by atoms with E-state index >= 15 is 0 Å². The molecule has 0 amide bonds. The smallest absolute Gasteiger partial charge is 0.224 e. The zero-order chi connectivity index (χ0) is 47.7. The Morgan fingerprint density at radius 3 is 1.55 bits per heavy atom. The summed E-state index contributed by atoms with van der Waals surface area (Å²) in [5, 5.41) is 3.05. The van der Waals surface area contributed by atoms with Crippen molar-refractivity contribution < 1.29 is 57.7 Å². The number of aromatic nitrogens is 4. The first-order valence-electron chi connectivity index (χ1n) is 19.2. The number of benzene rings is 2. The molecule has 7 N–H and O–H groups in total. The van der Waals surface area contributed by atoms with Crippen LogP contribution in [0.4, 0.5) is 35.1 Å². The number of carbonyl (C=O) groups is 2. The highest BCUT2D eigenvalue weighted by Crippen LogP contribution is 2.29. The van der Waals surface area contributed by atoms with E-state index in [0.717, 1.165) is 45.4 Å². The minimum absolute atomic E-state index is 0.0149. The van der Waals surface area contributed by atoms with E-state index in [1.165, 1.54) is 27.3 Å². The van der Waals surface area contributed by atoms with Gasteiger partial charge >= 0.3 is 0 Å². The van der Waals surface area contributed by atoms with Gasteiger partial charge < -0.3 is 32.0 Å². The minimum Gasteiger partial charge on any atom is -0.493 e. The number of sulfonamides is 2. The van der Waals surface area contributed by atoms with Crippen LogP contribution in [0, 0.1) is 23.3 Å². The lowest BCUT2D eigenvalue weighted by molar-refractivity contribution is 0.102.